The molecule has 22 heavy (non-hydrogen) atoms. The molecule has 2 aromatic carbocycles. The SMILES string of the molecule is O=C(NCC(O)Cc1ccccc1F)OCc1ccccc1. The zero-order valence-electron chi connectivity index (χ0n) is 12.0. The Morgan fingerprint density at radius 3 is 2.55 bits per heavy atom. The molecule has 0 saturated carbocycles. The van der Waals surface area contributed by atoms with Crippen LogP contribution < -0.4 is 5.32 Å². The fraction of sp³-hybridized carbons (Fsp3) is 0.235. The summed E-state index contributed by atoms with van der Waals surface area (Å²) < 4.78 is 18.5. The van der Waals surface area contributed by atoms with Crippen LogP contribution in [0.15, 0.2) is 54.6 Å². The van der Waals surface area contributed by atoms with Crippen LogP contribution in [0.1, 0.15) is 11.1 Å². The van der Waals surface area contributed by atoms with Crippen LogP contribution in [0.5, 0.6) is 0 Å². The Kier molecular flexibility index (Phi) is 5.91. The number of hydrogen-bond acceptors (Lipinski definition) is 3. The second-order valence-electron chi connectivity index (χ2n) is 4.89. The van der Waals surface area contributed by atoms with E-state index in [0.717, 1.165) is 5.56 Å². The van der Waals surface area contributed by atoms with E-state index in [-0.39, 0.29) is 25.4 Å². The van der Waals surface area contributed by atoms with Crippen molar-refractivity contribution in [2.24, 2.45) is 0 Å². The number of aliphatic hydroxyl groups excluding tert-OH is 1. The van der Waals surface area contributed by atoms with Gasteiger partial charge in [0.2, 0.25) is 0 Å². The van der Waals surface area contributed by atoms with Crippen molar-refractivity contribution in [1.82, 2.24) is 5.32 Å². The topological polar surface area (TPSA) is 58.6 Å². The third-order valence-corrected chi connectivity index (χ3v) is 3.11. The number of rotatable bonds is 6. The lowest BCUT2D eigenvalue weighted by atomic mass is 10.1. The van der Waals surface area contributed by atoms with Crippen molar-refractivity contribution in [2.75, 3.05) is 6.54 Å². The molecule has 0 heterocycles. The van der Waals surface area contributed by atoms with E-state index in [1.54, 1.807) is 18.2 Å². The summed E-state index contributed by atoms with van der Waals surface area (Å²) in [5.41, 5.74) is 1.29. The van der Waals surface area contributed by atoms with E-state index in [1.165, 1.54) is 6.07 Å². The van der Waals surface area contributed by atoms with Crippen molar-refractivity contribution in [2.45, 2.75) is 19.1 Å². The van der Waals surface area contributed by atoms with E-state index in [9.17, 15) is 14.3 Å². The Balaban J connectivity index is 1.71. The summed E-state index contributed by atoms with van der Waals surface area (Å²) in [6, 6.07) is 15.5. The molecule has 0 spiro atoms. The molecule has 1 amide bonds. The maximum Gasteiger partial charge on any atom is 0.407 e. The Morgan fingerprint density at radius 1 is 1.14 bits per heavy atom. The first-order chi connectivity index (χ1) is 10.6. The molecular weight excluding hydrogens is 285 g/mol. The molecule has 0 aromatic heterocycles. The molecule has 0 saturated heterocycles. The minimum absolute atomic E-state index is 0.00194. The first-order valence-corrected chi connectivity index (χ1v) is 7.01. The normalized spacial score (nSPS) is 11.7. The second kappa shape index (κ2) is 8.14. The predicted molar refractivity (Wildman–Crippen MR) is 80.7 cm³/mol. The van der Waals surface area contributed by atoms with Crippen LogP contribution in [0.3, 0.4) is 0 Å². The highest BCUT2D eigenvalue weighted by atomic mass is 19.1. The summed E-state index contributed by atoms with van der Waals surface area (Å²) in [5.74, 6) is -0.367. The van der Waals surface area contributed by atoms with Crippen molar-refractivity contribution in [1.29, 1.82) is 0 Å². The predicted octanol–water partition coefficient (Wildman–Crippen LogP) is 2.66. The summed E-state index contributed by atoms with van der Waals surface area (Å²) >= 11 is 0. The van der Waals surface area contributed by atoms with E-state index in [2.05, 4.69) is 5.32 Å². The highest BCUT2D eigenvalue weighted by Crippen LogP contribution is 2.09. The lowest BCUT2D eigenvalue weighted by Gasteiger charge is -2.12. The van der Waals surface area contributed by atoms with E-state index < -0.39 is 12.2 Å². The molecule has 0 fully saturated rings. The molecule has 0 aliphatic heterocycles. The van der Waals surface area contributed by atoms with Crippen molar-refractivity contribution in [3.05, 3.63) is 71.5 Å². The lowest BCUT2D eigenvalue weighted by Crippen LogP contribution is -2.33. The number of hydrogen-bond donors (Lipinski definition) is 2. The second-order valence-corrected chi connectivity index (χ2v) is 4.89. The number of nitrogens with one attached hydrogen (secondary N) is 1. The zero-order valence-corrected chi connectivity index (χ0v) is 12.0. The minimum Gasteiger partial charge on any atom is -0.445 e. The maximum atomic E-state index is 13.4. The van der Waals surface area contributed by atoms with E-state index in [4.69, 9.17) is 4.74 Å². The largest absolute Gasteiger partial charge is 0.445 e. The number of carbonyl (C=O) groups excluding carboxylic acids is 1. The number of amides is 1. The van der Waals surface area contributed by atoms with Crippen LogP contribution in [0.2, 0.25) is 0 Å². The molecule has 116 valence electrons. The van der Waals surface area contributed by atoms with E-state index in [0.29, 0.717) is 5.56 Å². The molecule has 5 heteroatoms. The fourth-order valence-electron chi connectivity index (χ4n) is 1.97. The molecule has 4 nitrogen and oxygen atoms in total. The number of alkyl carbamates (subject to hydrolysis) is 1. The smallest absolute Gasteiger partial charge is 0.407 e. The van der Waals surface area contributed by atoms with Crippen molar-refractivity contribution in [3.8, 4) is 0 Å². The number of ether oxygens (including phenoxy) is 1. The molecule has 0 aliphatic rings. The summed E-state index contributed by atoms with van der Waals surface area (Å²) in [5, 5.41) is 12.3. The lowest BCUT2D eigenvalue weighted by molar-refractivity contribution is 0.125. The Bertz CT molecular complexity index is 604. The van der Waals surface area contributed by atoms with Crippen LogP contribution in [0.25, 0.3) is 0 Å². The third kappa shape index (κ3) is 5.18. The van der Waals surface area contributed by atoms with Gasteiger partial charge in [-0.15, -0.1) is 0 Å². The van der Waals surface area contributed by atoms with Gasteiger partial charge in [-0.1, -0.05) is 48.5 Å². The average Bonchev–Trinajstić information content (AvgIpc) is 2.54. The molecule has 0 aliphatic carbocycles. The number of benzene rings is 2. The molecule has 0 bridgehead atoms. The monoisotopic (exact) mass is 303 g/mol. The first-order valence-electron chi connectivity index (χ1n) is 7.01. The van der Waals surface area contributed by atoms with Gasteiger partial charge in [0.1, 0.15) is 12.4 Å². The van der Waals surface area contributed by atoms with Gasteiger partial charge in [-0.25, -0.2) is 9.18 Å². The number of carbonyl (C=O) groups is 1. The summed E-state index contributed by atoms with van der Waals surface area (Å²) in [7, 11) is 0. The molecule has 1 unspecified atom stereocenters. The molecule has 1 atom stereocenters. The Morgan fingerprint density at radius 2 is 1.82 bits per heavy atom. The van der Waals surface area contributed by atoms with Crippen LogP contribution in [-0.4, -0.2) is 23.8 Å². The molecule has 2 rings (SSSR count). The molecule has 2 aromatic rings. The quantitative estimate of drug-likeness (QED) is 0.862. The van der Waals surface area contributed by atoms with Gasteiger partial charge in [0.25, 0.3) is 0 Å². The molecule has 0 radical (unpaired) electrons. The van der Waals surface area contributed by atoms with Crippen LogP contribution in [0, 0.1) is 5.82 Å². The van der Waals surface area contributed by atoms with Crippen LogP contribution in [0.4, 0.5) is 9.18 Å². The number of aliphatic hydroxyl groups is 1. The Labute approximate surface area is 128 Å². The standard InChI is InChI=1S/C17H18FNO3/c18-16-9-5-4-8-14(16)10-15(20)11-19-17(21)22-12-13-6-2-1-3-7-13/h1-9,15,20H,10-12H2,(H,19,21). The summed E-state index contributed by atoms with van der Waals surface area (Å²) in [4.78, 5) is 11.5. The highest BCUT2D eigenvalue weighted by Gasteiger charge is 2.11. The maximum absolute atomic E-state index is 13.4. The highest BCUT2D eigenvalue weighted by molar-refractivity contribution is 5.67. The van der Waals surface area contributed by atoms with Gasteiger partial charge >= 0.3 is 6.09 Å². The minimum atomic E-state index is -0.874. The van der Waals surface area contributed by atoms with Gasteiger partial charge in [-0.05, 0) is 17.2 Å². The third-order valence-electron chi connectivity index (χ3n) is 3.11. The zero-order chi connectivity index (χ0) is 15.8. The van der Waals surface area contributed by atoms with Crippen molar-refractivity contribution < 1.29 is 19.0 Å². The summed E-state index contributed by atoms with van der Waals surface area (Å²) in [6.07, 6.45) is -1.36. The molecule has 2 N–H and O–H groups in total. The molecular formula is C17H18FNO3. The van der Waals surface area contributed by atoms with Gasteiger partial charge in [0, 0.05) is 13.0 Å². The van der Waals surface area contributed by atoms with Crippen molar-refractivity contribution >= 4 is 6.09 Å². The van der Waals surface area contributed by atoms with Crippen molar-refractivity contribution in [3.63, 3.8) is 0 Å². The first kappa shape index (κ1) is 16.0. The van der Waals surface area contributed by atoms with Crippen LogP contribution >= 0.6 is 0 Å². The van der Waals surface area contributed by atoms with Gasteiger partial charge in [0.05, 0.1) is 6.10 Å². The van der Waals surface area contributed by atoms with E-state index >= 15 is 0 Å². The fourth-order valence-corrected chi connectivity index (χ4v) is 1.97. The van der Waals surface area contributed by atoms with Gasteiger partial charge in [-0.3, -0.25) is 0 Å². The van der Waals surface area contributed by atoms with Gasteiger partial charge in [-0.2, -0.15) is 0 Å². The van der Waals surface area contributed by atoms with Crippen LogP contribution in [-0.2, 0) is 17.8 Å². The average molecular weight is 303 g/mol. The van der Waals surface area contributed by atoms with Gasteiger partial charge in [0.15, 0.2) is 0 Å². The van der Waals surface area contributed by atoms with E-state index in [1.807, 2.05) is 30.3 Å². The summed E-state index contributed by atoms with van der Waals surface area (Å²) in [6.45, 7) is 0.165. The Hall–Kier alpha value is -2.40. The van der Waals surface area contributed by atoms with Gasteiger partial charge < -0.3 is 15.2 Å². The number of halogens is 1.